The van der Waals surface area contributed by atoms with Crippen LogP contribution in [0.25, 0.3) is 44.5 Å². The minimum atomic E-state index is 1.15. The molecule has 1 aliphatic rings. The molecular formula is C36H25N. The quantitative estimate of drug-likeness (QED) is 0.248. The van der Waals surface area contributed by atoms with Crippen LogP contribution in [0, 0.1) is 0 Å². The fourth-order valence-corrected chi connectivity index (χ4v) is 5.49. The summed E-state index contributed by atoms with van der Waals surface area (Å²) in [7, 11) is 0. The summed E-state index contributed by atoms with van der Waals surface area (Å²) < 4.78 is 0. The van der Waals surface area contributed by atoms with Crippen molar-refractivity contribution in [3.8, 4) is 44.5 Å². The maximum Gasteiger partial charge on any atom is 0.0540 e. The predicted octanol–water partition coefficient (Wildman–Crippen LogP) is 10.1. The van der Waals surface area contributed by atoms with Gasteiger partial charge < -0.3 is 4.90 Å². The summed E-state index contributed by atoms with van der Waals surface area (Å²) in [6.07, 6.45) is 0. The van der Waals surface area contributed by atoms with Crippen LogP contribution in [0.4, 0.5) is 17.1 Å². The van der Waals surface area contributed by atoms with E-state index in [1.165, 1.54) is 55.9 Å². The lowest BCUT2D eigenvalue weighted by Gasteiger charge is -2.28. The Kier molecular flexibility index (Phi) is 5.19. The van der Waals surface area contributed by atoms with Gasteiger partial charge in [0, 0.05) is 16.8 Å². The number of anilines is 3. The van der Waals surface area contributed by atoms with Crippen LogP contribution in [0.1, 0.15) is 0 Å². The molecule has 37 heavy (non-hydrogen) atoms. The van der Waals surface area contributed by atoms with E-state index in [1.807, 2.05) is 0 Å². The molecule has 0 aliphatic carbocycles. The van der Waals surface area contributed by atoms with Gasteiger partial charge in [0.05, 0.1) is 11.4 Å². The lowest BCUT2D eigenvalue weighted by molar-refractivity contribution is 1.29. The van der Waals surface area contributed by atoms with Gasteiger partial charge in [-0.2, -0.15) is 0 Å². The molecule has 1 nitrogen and oxygen atoms in total. The van der Waals surface area contributed by atoms with E-state index >= 15 is 0 Å². The summed E-state index contributed by atoms with van der Waals surface area (Å²) in [5.74, 6) is 0. The van der Waals surface area contributed by atoms with E-state index in [0.29, 0.717) is 0 Å². The van der Waals surface area contributed by atoms with Crippen LogP contribution in [-0.4, -0.2) is 0 Å². The number of para-hydroxylation sites is 2. The first kappa shape index (κ1) is 21.4. The van der Waals surface area contributed by atoms with Gasteiger partial charge in [0.25, 0.3) is 0 Å². The maximum absolute atomic E-state index is 2.43. The smallest absolute Gasteiger partial charge is 0.0540 e. The Morgan fingerprint density at radius 2 is 0.676 bits per heavy atom. The van der Waals surface area contributed by atoms with Crippen LogP contribution < -0.4 is 4.90 Å². The van der Waals surface area contributed by atoms with Gasteiger partial charge in [0.1, 0.15) is 0 Å². The summed E-state index contributed by atoms with van der Waals surface area (Å²) in [6, 6.07) is 54.6. The Morgan fingerprint density at radius 3 is 1.14 bits per heavy atom. The molecule has 6 aromatic rings. The normalized spacial score (nSPS) is 11.7. The molecular weight excluding hydrogens is 446 g/mol. The minimum Gasteiger partial charge on any atom is -0.309 e. The van der Waals surface area contributed by atoms with Crippen LogP contribution in [-0.2, 0) is 0 Å². The van der Waals surface area contributed by atoms with Gasteiger partial charge in [0.15, 0.2) is 0 Å². The Hall–Kier alpha value is -4.88. The fraction of sp³-hybridized carbons (Fsp3) is 0. The van der Waals surface area contributed by atoms with Gasteiger partial charge in [-0.25, -0.2) is 0 Å². The first-order valence-electron chi connectivity index (χ1n) is 12.7. The average molecular weight is 472 g/mol. The van der Waals surface area contributed by atoms with Crippen LogP contribution in [0.5, 0.6) is 0 Å². The minimum absolute atomic E-state index is 1.15. The number of fused-ring (bicyclic) bond motifs is 5. The highest BCUT2D eigenvalue weighted by atomic mass is 15.1. The van der Waals surface area contributed by atoms with Crippen molar-refractivity contribution in [2.75, 3.05) is 4.90 Å². The van der Waals surface area contributed by atoms with Gasteiger partial charge in [-0.3, -0.25) is 0 Å². The molecule has 1 heterocycles. The fourth-order valence-electron chi connectivity index (χ4n) is 5.49. The highest BCUT2D eigenvalue weighted by molar-refractivity contribution is 6.02. The standard InChI is InChI=1S/C36H25N/c1-3-13-26(14-4-1)28-23-29(27-15-5-2-6-16-27)25-30(24-28)37-35-21-11-9-19-33(35)31-17-7-8-18-32(31)34-20-10-12-22-36(34)37/h1-25H. The van der Waals surface area contributed by atoms with E-state index in [4.69, 9.17) is 0 Å². The molecule has 6 aromatic carbocycles. The van der Waals surface area contributed by atoms with Gasteiger partial charge in [-0.15, -0.1) is 0 Å². The maximum atomic E-state index is 2.43. The highest BCUT2D eigenvalue weighted by Crippen LogP contribution is 2.51. The number of nitrogens with zero attached hydrogens (tertiary/aromatic N) is 1. The molecule has 174 valence electrons. The molecule has 0 N–H and O–H groups in total. The summed E-state index contributed by atoms with van der Waals surface area (Å²) in [6.45, 7) is 0. The van der Waals surface area contributed by atoms with E-state index in [9.17, 15) is 0 Å². The first-order chi connectivity index (χ1) is 18.4. The lowest BCUT2D eigenvalue weighted by atomic mass is 9.95. The molecule has 0 unspecified atom stereocenters. The van der Waals surface area contributed by atoms with E-state index in [0.717, 1.165) is 5.69 Å². The molecule has 7 rings (SSSR count). The molecule has 1 aliphatic heterocycles. The zero-order chi connectivity index (χ0) is 24.6. The SMILES string of the molecule is c1ccc(-c2cc(-c3ccccc3)cc(N3c4ccccc4-c4ccccc4-c4ccccc43)c2)cc1. The molecule has 0 amide bonds. The monoisotopic (exact) mass is 471 g/mol. The molecule has 0 spiro atoms. The summed E-state index contributed by atoms with van der Waals surface area (Å²) in [5.41, 5.74) is 13.3. The third-order valence-corrected chi connectivity index (χ3v) is 7.19. The average Bonchev–Trinajstić information content (AvgIpc) is 3.11. The summed E-state index contributed by atoms with van der Waals surface area (Å²) in [5, 5.41) is 0. The lowest BCUT2D eigenvalue weighted by Crippen LogP contribution is -2.11. The summed E-state index contributed by atoms with van der Waals surface area (Å²) >= 11 is 0. The van der Waals surface area contributed by atoms with Crippen molar-refractivity contribution < 1.29 is 0 Å². The van der Waals surface area contributed by atoms with E-state index in [2.05, 4.69) is 157 Å². The second kappa shape index (κ2) is 8.96. The molecule has 0 aromatic heterocycles. The number of rotatable bonds is 3. The second-order valence-electron chi connectivity index (χ2n) is 9.42. The Balaban J connectivity index is 1.55. The Bertz CT molecular complexity index is 1590. The van der Waals surface area contributed by atoms with Crippen LogP contribution >= 0.6 is 0 Å². The first-order valence-corrected chi connectivity index (χ1v) is 12.7. The van der Waals surface area contributed by atoms with Crippen LogP contribution in [0.2, 0.25) is 0 Å². The third-order valence-electron chi connectivity index (χ3n) is 7.19. The van der Waals surface area contributed by atoms with Crippen molar-refractivity contribution in [2.24, 2.45) is 0 Å². The number of hydrogen-bond donors (Lipinski definition) is 0. The Morgan fingerprint density at radius 1 is 0.297 bits per heavy atom. The molecule has 0 saturated heterocycles. The second-order valence-corrected chi connectivity index (χ2v) is 9.42. The van der Waals surface area contributed by atoms with Crippen molar-refractivity contribution in [2.45, 2.75) is 0 Å². The zero-order valence-electron chi connectivity index (χ0n) is 20.4. The molecule has 0 atom stereocenters. The van der Waals surface area contributed by atoms with Gasteiger partial charge in [-0.05, 0) is 63.7 Å². The van der Waals surface area contributed by atoms with Gasteiger partial charge in [0.2, 0.25) is 0 Å². The molecule has 0 saturated carbocycles. The number of benzene rings is 6. The molecule has 1 heteroatoms. The largest absolute Gasteiger partial charge is 0.309 e. The van der Waals surface area contributed by atoms with Crippen LogP contribution in [0.3, 0.4) is 0 Å². The van der Waals surface area contributed by atoms with Crippen molar-refractivity contribution in [1.29, 1.82) is 0 Å². The molecule has 0 fully saturated rings. The zero-order valence-corrected chi connectivity index (χ0v) is 20.4. The Labute approximate surface area is 217 Å². The van der Waals surface area contributed by atoms with Crippen molar-refractivity contribution in [3.05, 3.63) is 152 Å². The number of hydrogen-bond acceptors (Lipinski definition) is 1. The summed E-state index contributed by atoms with van der Waals surface area (Å²) in [4.78, 5) is 2.43. The van der Waals surface area contributed by atoms with Crippen molar-refractivity contribution in [1.82, 2.24) is 0 Å². The van der Waals surface area contributed by atoms with E-state index in [-0.39, 0.29) is 0 Å². The molecule has 0 bridgehead atoms. The van der Waals surface area contributed by atoms with Gasteiger partial charge >= 0.3 is 0 Å². The topological polar surface area (TPSA) is 3.24 Å². The van der Waals surface area contributed by atoms with Crippen molar-refractivity contribution >= 4 is 17.1 Å². The van der Waals surface area contributed by atoms with E-state index < -0.39 is 0 Å². The highest BCUT2D eigenvalue weighted by Gasteiger charge is 2.26. The van der Waals surface area contributed by atoms with Gasteiger partial charge in [-0.1, -0.05) is 121 Å². The van der Waals surface area contributed by atoms with Crippen molar-refractivity contribution in [3.63, 3.8) is 0 Å². The van der Waals surface area contributed by atoms with Crippen LogP contribution in [0.15, 0.2) is 152 Å². The third kappa shape index (κ3) is 3.73. The molecule has 0 radical (unpaired) electrons. The predicted molar refractivity (Wildman–Crippen MR) is 156 cm³/mol. The van der Waals surface area contributed by atoms with E-state index in [1.54, 1.807) is 0 Å².